The molecule has 1 unspecified atom stereocenters. The van der Waals surface area contributed by atoms with Crippen molar-refractivity contribution in [3.05, 3.63) is 207 Å². The number of non-ortho nitro benzene ring substituents is 2. The summed E-state index contributed by atoms with van der Waals surface area (Å²) in [4.78, 5) is 138. The molecule has 6 heterocycles. The average molecular weight is 1760 g/mol. The number of nitrogens with two attached hydrogens (primary N) is 1. The number of nitrogen functional groups attached to an aromatic ring is 1. The Labute approximate surface area is 738 Å². The first-order chi connectivity index (χ1) is 60.0. The minimum absolute atomic E-state index is 0.00444. The van der Waals surface area contributed by atoms with Crippen LogP contribution in [0.15, 0.2) is 170 Å². The van der Waals surface area contributed by atoms with Crippen LogP contribution in [0.3, 0.4) is 0 Å². The van der Waals surface area contributed by atoms with Crippen LogP contribution in [0, 0.1) is 20.2 Å². The number of nitro groups is 2. The largest absolute Gasteiger partial charge is 0.508 e. The van der Waals surface area contributed by atoms with E-state index in [0.29, 0.717) is 149 Å². The second kappa shape index (κ2) is 44.8. The van der Waals surface area contributed by atoms with E-state index in [-0.39, 0.29) is 90.7 Å². The summed E-state index contributed by atoms with van der Waals surface area (Å²) in [5.74, 6) is 1.88. The van der Waals surface area contributed by atoms with Crippen LogP contribution in [0.2, 0.25) is 0 Å². The molecule has 10 amide bonds. The second-order valence-electron chi connectivity index (χ2n) is 34.8. The first kappa shape index (κ1) is 97.2. The standard InChI is InChI=1S/C31H37N5O7.C23H28N2O5.C16H22N2O5.C16H24N2O3.C6H5NO3/c1-31(2,3)43-30(41)35-13-11-22(12-14-35)42-23-6-4-5-21(16-23)33-29(40)32-17-19-7-8-20-18-36(28(39)24(20)15-19)25-9-10-26(37)34-27(25)38;1-23(2,3)30-22(27)25-14-12-19(13-15-25)28-20-11-7-8-17(16-20)24-21(26)29-18-9-5-4-6-10-18;1-16(2,3)23-15(19)17-9-7-13(8-10-17)22-14-6-4-5-12(11-14)18(20)21;1-16(2,3)21-15(19)18-9-7-13(8-10-18)20-14-6-4-5-12(17)11-14;8-6-3-1-2-5(4-6)7(9)10/h4-8,15-16,22,25H,9-14,17-18H2,1-3H3,(H2,32,33,40)(H,34,37,38);4-11,16,19H,12-15H2,1-3H3,(H,24,26);4-6,11,13H,7-10H2,1-3H3;4-6,11,13H,7-10,17H2,1-3H3;1-4,8H. The minimum atomic E-state index is -0.672. The highest BCUT2D eigenvalue weighted by atomic mass is 16.6. The number of anilines is 3. The lowest BCUT2D eigenvalue weighted by molar-refractivity contribution is -0.385. The van der Waals surface area contributed by atoms with Gasteiger partial charge in [0.25, 0.3) is 17.3 Å². The molecular formula is C92H116N12O23. The second-order valence-corrected chi connectivity index (χ2v) is 34.8. The highest BCUT2D eigenvalue weighted by molar-refractivity contribution is 6.05. The van der Waals surface area contributed by atoms with Crippen molar-refractivity contribution in [2.45, 2.75) is 213 Å². The summed E-state index contributed by atoms with van der Waals surface area (Å²) in [7, 11) is 0. The molecule has 1 atom stereocenters. The Morgan fingerprint density at radius 1 is 0.457 bits per heavy atom. The van der Waals surface area contributed by atoms with Gasteiger partial charge in [0.1, 0.15) is 87.4 Å². The lowest BCUT2D eigenvalue weighted by Gasteiger charge is -2.33. The fourth-order valence-corrected chi connectivity index (χ4v) is 13.7. The molecule has 6 aliphatic rings. The van der Waals surface area contributed by atoms with Gasteiger partial charge in [-0.3, -0.25) is 45.2 Å². The molecule has 5 fully saturated rings. The maximum absolute atomic E-state index is 13.1. The number of nitrogens with one attached hydrogen (secondary N) is 4. The van der Waals surface area contributed by atoms with Crippen molar-refractivity contribution in [1.29, 1.82) is 0 Å². The SMILES string of the molecule is CC(C)(C)OC(=O)N1CCC(Oc2cccc(N)c2)CC1.CC(C)(C)OC(=O)N1CCC(Oc2cccc(NC(=O)NCc3ccc4c(c3)C(=O)N(C3CCC(=O)NC3=O)C4)c2)CC1.CC(C)(C)OC(=O)N1CCC(Oc2cccc(NC(=O)Oc3ccccc3)c2)CC1.CC(C)(C)OC(=O)N1CCC(Oc2cccc([N+](=O)[O-])c2)CC1.O=[N+]([O-])c1cccc(O)c1. The van der Waals surface area contributed by atoms with E-state index >= 15 is 0 Å². The van der Waals surface area contributed by atoms with Gasteiger partial charge in [-0.15, -0.1) is 0 Å². The maximum Gasteiger partial charge on any atom is 0.417 e. The lowest BCUT2D eigenvalue weighted by Crippen LogP contribution is -2.52. The van der Waals surface area contributed by atoms with Gasteiger partial charge in [0.2, 0.25) is 11.8 Å². The predicted molar refractivity (Wildman–Crippen MR) is 472 cm³/mol. The van der Waals surface area contributed by atoms with Crippen LogP contribution in [-0.4, -0.2) is 199 Å². The average Bonchev–Trinajstić information content (AvgIpc) is 1.63. The molecule has 0 aromatic heterocycles. The summed E-state index contributed by atoms with van der Waals surface area (Å²) >= 11 is 0. The van der Waals surface area contributed by atoms with Crippen molar-refractivity contribution in [2.75, 3.05) is 68.7 Å². The van der Waals surface area contributed by atoms with Crippen molar-refractivity contribution in [3.63, 3.8) is 0 Å². The van der Waals surface area contributed by atoms with Crippen molar-refractivity contribution >= 4 is 82.7 Å². The number of hydrogen-bond donors (Lipinski definition) is 6. The molecule has 0 bridgehead atoms. The fourth-order valence-electron chi connectivity index (χ4n) is 13.7. The van der Waals surface area contributed by atoms with Gasteiger partial charge in [-0.1, -0.05) is 60.7 Å². The molecule has 5 saturated heterocycles. The number of imide groups is 1. The van der Waals surface area contributed by atoms with Crippen LogP contribution in [0.4, 0.5) is 57.2 Å². The first-order valence-corrected chi connectivity index (χ1v) is 42.2. The Hall–Kier alpha value is -13.6. The minimum Gasteiger partial charge on any atom is -0.508 e. The van der Waals surface area contributed by atoms with Gasteiger partial charge >= 0.3 is 36.5 Å². The number of benzene rings is 7. The van der Waals surface area contributed by atoms with Gasteiger partial charge in [0.05, 0.1) is 22.0 Å². The van der Waals surface area contributed by atoms with Crippen molar-refractivity contribution in [1.82, 2.24) is 35.1 Å². The molecule has 0 aliphatic carbocycles. The molecule has 127 heavy (non-hydrogen) atoms. The number of urea groups is 1. The summed E-state index contributed by atoms with van der Waals surface area (Å²) in [6.45, 7) is 27.4. The molecule has 7 N–H and O–H groups in total. The van der Waals surface area contributed by atoms with Crippen molar-refractivity contribution < 1.29 is 101 Å². The number of carbonyl (C=O) groups is 9. The number of likely N-dealkylation sites (tertiary alicyclic amines) is 4. The predicted octanol–water partition coefficient (Wildman–Crippen LogP) is 16.3. The normalized spacial score (nSPS) is 16.3. The number of nitrogens with zero attached hydrogens (tertiary/aromatic N) is 7. The van der Waals surface area contributed by atoms with Crippen LogP contribution in [-0.2, 0) is 41.6 Å². The van der Waals surface area contributed by atoms with Gasteiger partial charge in [-0.2, -0.15) is 0 Å². The molecule has 7 aromatic rings. The summed E-state index contributed by atoms with van der Waals surface area (Å²) < 4.78 is 50.7. The molecular weight excluding hydrogens is 1640 g/mol. The third kappa shape index (κ3) is 33.1. The molecule has 35 heteroatoms. The molecule has 13 rings (SSSR count). The number of ether oxygens (including phenoxy) is 9. The Morgan fingerprint density at radius 2 is 0.843 bits per heavy atom. The van der Waals surface area contributed by atoms with Crippen LogP contribution < -0.4 is 50.7 Å². The number of phenols is 1. The molecule has 0 radical (unpaired) electrons. The zero-order valence-electron chi connectivity index (χ0n) is 73.8. The lowest BCUT2D eigenvalue weighted by atomic mass is 10.0. The number of piperidine rings is 5. The summed E-state index contributed by atoms with van der Waals surface area (Å²) in [5.41, 5.74) is 7.52. The Bertz CT molecular complexity index is 4940. The zero-order valence-corrected chi connectivity index (χ0v) is 73.8. The number of phenolic OH excluding ortho intramolecular Hbond substituents is 1. The van der Waals surface area contributed by atoms with Gasteiger partial charge in [-0.25, -0.2) is 28.8 Å². The van der Waals surface area contributed by atoms with Crippen molar-refractivity contribution in [2.24, 2.45) is 0 Å². The monoisotopic (exact) mass is 1760 g/mol. The zero-order chi connectivity index (χ0) is 92.3. The van der Waals surface area contributed by atoms with E-state index in [2.05, 4.69) is 21.3 Å². The van der Waals surface area contributed by atoms with Gasteiger partial charge < -0.3 is 88.6 Å². The molecule has 35 nitrogen and oxygen atoms in total. The smallest absolute Gasteiger partial charge is 0.417 e. The van der Waals surface area contributed by atoms with Crippen LogP contribution >= 0.6 is 0 Å². The summed E-state index contributed by atoms with van der Waals surface area (Å²) in [5, 5.41) is 40.2. The number of para-hydroxylation sites is 1. The third-order valence-electron chi connectivity index (χ3n) is 19.7. The van der Waals surface area contributed by atoms with Crippen LogP contribution in [0.1, 0.15) is 169 Å². The van der Waals surface area contributed by atoms with Gasteiger partial charge in [0, 0.05) is 176 Å². The number of hydrogen-bond acceptors (Lipinski definition) is 24. The van der Waals surface area contributed by atoms with Crippen molar-refractivity contribution in [3.8, 4) is 34.5 Å². The number of carbonyl (C=O) groups excluding carboxylic acids is 9. The number of rotatable bonds is 16. The topological polar surface area (TPSA) is 434 Å². The summed E-state index contributed by atoms with van der Waals surface area (Å²) in [6, 6.07) is 46.3. The number of amides is 10. The van der Waals surface area contributed by atoms with Crippen LogP contribution in [0.25, 0.3) is 0 Å². The fraction of sp³-hybridized carbons (Fsp3) is 0.446. The molecule has 0 saturated carbocycles. The first-order valence-electron chi connectivity index (χ1n) is 42.2. The molecule has 6 aliphatic heterocycles. The van der Waals surface area contributed by atoms with E-state index in [0.717, 1.165) is 35.8 Å². The Kier molecular flexibility index (Phi) is 34.3. The van der Waals surface area contributed by atoms with E-state index in [1.165, 1.54) is 35.2 Å². The molecule has 682 valence electrons. The van der Waals surface area contributed by atoms with E-state index < -0.39 is 56.3 Å². The number of fused-ring (bicyclic) bond motifs is 1. The van der Waals surface area contributed by atoms with E-state index in [4.69, 9.17) is 53.5 Å². The molecule has 0 spiro atoms. The molecule has 7 aromatic carbocycles. The van der Waals surface area contributed by atoms with E-state index in [1.54, 1.807) is 92.4 Å². The third-order valence-corrected chi connectivity index (χ3v) is 19.7. The summed E-state index contributed by atoms with van der Waals surface area (Å²) in [6.07, 6.45) is 4.48. The van der Waals surface area contributed by atoms with Gasteiger partial charge in [0.15, 0.2) is 0 Å². The van der Waals surface area contributed by atoms with E-state index in [9.17, 15) is 63.4 Å². The highest BCUT2D eigenvalue weighted by Gasteiger charge is 2.40. The highest BCUT2D eigenvalue weighted by Crippen LogP contribution is 2.32. The van der Waals surface area contributed by atoms with Gasteiger partial charge in [-0.05, 0) is 167 Å². The Morgan fingerprint density at radius 3 is 1.24 bits per heavy atom. The quantitative estimate of drug-likeness (QED) is 0.0172. The van der Waals surface area contributed by atoms with Crippen LogP contribution in [0.5, 0.6) is 34.5 Å². The Balaban J connectivity index is 0.000000191. The van der Waals surface area contributed by atoms with E-state index in [1.807, 2.05) is 144 Å². The number of nitro benzene ring substituents is 2. The number of aromatic hydroxyl groups is 1. The maximum atomic E-state index is 13.1.